The summed E-state index contributed by atoms with van der Waals surface area (Å²) in [5, 5.41) is 9.57. The van der Waals surface area contributed by atoms with Gasteiger partial charge in [0, 0.05) is 25.6 Å². The first-order chi connectivity index (χ1) is 10.6. The number of carbonyl (C=O) groups excluding carboxylic acids is 1. The van der Waals surface area contributed by atoms with Crippen LogP contribution in [0, 0.1) is 11.3 Å². The van der Waals surface area contributed by atoms with E-state index in [9.17, 15) is 14.7 Å². The molecule has 2 heterocycles. The average Bonchev–Trinajstić information content (AvgIpc) is 2.95. The summed E-state index contributed by atoms with van der Waals surface area (Å²) in [6, 6.07) is 9.41. The van der Waals surface area contributed by atoms with Gasteiger partial charge < -0.3 is 19.5 Å². The molecule has 0 saturated carbocycles. The first-order valence-electron chi connectivity index (χ1n) is 7.38. The molecule has 6 nitrogen and oxygen atoms in total. The van der Waals surface area contributed by atoms with Crippen LogP contribution in [0.3, 0.4) is 0 Å². The molecule has 0 unspecified atom stereocenters. The molecule has 0 radical (unpaired) electrons. The largest absolute Gasteiger partial charge is 0.481 e. The molecule has 1 aromatic rings. The molecule has 0 bridgehead atoms. The van der Waals surface area contributed by atoms with Crippen LogP contribution in [0.1, 0.15) is 12.0 Å². The van der Waals surface area contributed by atoms with Crippen LogP contribution in [0.2, 0.25) is 0 Å². The summed E-state index contributed by atoms with van der Waals surface area (Å²) in [5.74, 6) is -1.01. The van der Waals surface area contributed by atoms with Crippen molar-refractivity contribution < 1.29 is 24.2 Å². The van der Waals surface area contributed by atoms with Gasteiger partial charge in [-0.2, -0.15) is 0 Å². The number of rotatable bonds is 3. The maximum atomic E-state index is 12.2. The van der Waals surface area contributed by atoms with E-state index in [-0.39, 0.29) is 19.1 Å². The molecular formula is C16H19NO5. The first-order valence-corrected chi connectivity index (χ1v) is 7.38. The van der Waals surface area contributed by atoms with E-state index in [2.05, 4.69) is 0 Å². The van der Waals surface area contributed by atoms with Gasteiger partial charge in [-0.25, -0.2) is 4.79 Å². The molecule has 1 amide bonds. The molecule has 3 rings (SSSR count). The Morgan fingerprint density at radius 2 is 2.14 bits per heavy atom. The lowest BCUT2D eigenvalue weighted by Gasteiger charge is -2.33. The monoisotopic (exact) mass is 305 g/mol. The fraction of sp³-hybridized carbons (Fsp3) is 0.500. The van der Waals surface area contributed by atoms with Crippen molar-refractivity contribution in [2.45, 2.75) is 13.0 Å². The number of amides is 1. The maximum Gasteiger partial charge on any atom is 0.410 e. The van der Waals surface area contributed by atoms with E-state index < -0.39 is 17.5 Å². The minimum Gasteiger partial charge on any atom is -0.481 e. The quantitative estimate of drug-likeness (QED) is 0.920. The number of hydrogen-bond acceptors (Lipinski definition) is 4. The number of fused-ring (bicyclic) bond motifs is 1. The highest BCUT2D eigenvalue weighted by Gasteiger charge is 2.55. The van der Waals surface area contributed by atoms with Gasteiger partial charge >= 0.3 is 12.1 Å². The van der Waals surface area contributed by atoms with Gasteiger partial charge in [-0.05, 0) is 12.0 Å². The SMILES string of the molecule is O=C(OCc1ccccc1)N1C[C@H]2COCC[C@@]2(C(=O)O)C1. The van der Waals surface area contributed by atoms with Gasteiger partial charge in [0.15, 0.2) is 0 Å². The number of ether oxygens (including phenoxy) is 2. The molecule has 2 aliphatic heterocycles. The van der Waals surface area contributed by atoms with E-state index >= 15 is 0 Å². The highest BCUT2D eigenvalue weighted by Crippen LogP contribution is 2.42. The molecule has 0 aromatic heterocycles. The number of nitrogens with zero attached hydrogens (tertiary/aromatic N) is 1. The summed E-state index contributed by atoms with van der Waals surface area (Å²) in [5.41, 5.74) is 0.0213. The molecule has 118 valence electrons. The molecular weight excluding hydrogens is 286 g/mol. The number of carboxylic acid groups (broad SMARTS) is 1. The van der Waals surface area contributed by atoms with Gasteiger partial charge in [0.1, 0.15) is 6.61 Å². The summed E-state index contributed by atoms with van der Waals surface area (Å²) < 4.78 is 10.7. The Balaban J connectivity index is 1.63. The van der Waals surface area contributed by atoms with Crippen molar-refractivity contribution in [3.63, 3.8) is 0 Å². The third-order valence-electron chi connectivity index (χ3n) is 4.60. The Hall–Kier alpha value is -2.08. The Morgan fingerprint density at radius 3 is 2.82 bits per heavy atom. The van der Waals surface area contributed by atoms with E-state index in [1.165, 1.54) is 4.90 Å². The molecule has 2 saturated heterocycles. The van der Waals surface area contributed by atoms with Gasteiger partial charge in [0.25, 0.3) is 0 Å². The number of benzene rings is 1. The van der Waals surface area contributed by atoms with E-state index in [1.54, 1.807) is 0 Å². The molecule has 6 heteroatoms. The normalized spacial score (nSPS) is 27.3. The van der Waals surface area contributed by atoms with Crippen LogP contribution in [-0.4, -0.2) is 48.4 Å². The lowest BCUT2D eigenvalue weighted by atomic mass is 9.74. The molecule has 2 aliphatic rings. The van der Waals surface area contributed by atoms with Crippen molar-refractivity contribution in [2.24, 2.45) is 11.3 Å². The number of aliphatic carboxylic acids is 1. The van der Waals surface area contributed by atoms with E-state index in [0.29, 0.717) is 26.2 Å². The lowest BCUT2D eigenvalue weighted by molar-refractivity contribution is -0.157. The van der Waals surface area contributed by atoms with Gasteiger partial charge in [0.05, 0.1) is 12.0 Å². The molecule has 2 fully saturated rings. The molecule has 0 aliphatic carbocycles. The zero-order chi connectivity index (χ0) is 15.6. The highest BCUT2D eigenvalue weighted by atomic mass is 16.6. The summed E-state index contributed by atoms with van der Waals surface area (Å²) in [4.78, 5) is 25.4. The Morgan fingerprint density at radius 1 is 1.36 bits per heavy atom. The average molecular weight is 305 g/mol. The number of carboxylic acids is 1. The zero-order valence-electron chi connectivity index (χ0n) is 12.2. The van der Waals surface area contributed by atoms with Crippen LogP contribution >= 0.6 is 0 Å². The van der Waals surface area contributed by atoms with Crippen molar-refractivity contribution >= 4 is 12.1 Å². The molecule has 2 atom stereocenters. The lowest BCUT2D eigenvalue weighted by Crippen LogP contribution is -2.45. The Bertz CT molecular complexity index is 561. The Labute approximate surface area is 128 Å². The fourth-order valence-electron chi connectivity index (χ4n) is 3.25. The third kappa shape index (κ3) is 2.66. The van der Waals surface area contributed by atoms with Crippen molar-refractivity contribution in [3.8, 4) is 0 Å². The second-order valence-electron chi connectivity index (χ2n) is 5.90. The van der Waals surface area contributed by atoms with Crippen LogP contribution in [-0.2, 0) is 20.9 Å². The van der Waals surface area contributed by atoms with Crippen LogP contribution < -0.4 is 0 Å². The third-order valence-corrected chi connectivity index (χ3v) is 4.60. The molecule has 0 spiro atoms. The molecule has 22 heavy (non-hydrogen) atoms. The van der Waals surface area contributed by atoms with Gasteiger partial charge in [-0.15, -0.1) is 0 Å². The van der Waals surface area contributed by atoms with Gasteiger partial charge in [-0.3, -0.25) is 4.79 Å². The smallest absolute Gasteiger partial charge is 0.410 e. The number of likely N-dealkylation sites (tertiary alicyclic amines) is 1. The summed E-state index contributed by atoms with van der Waals surface area (Å²) in [6.45, 7) is 1.58. The second kappa shape index (κ2) is 5.96. The summed E-state index contributed by atoms with van der Waals surface area (Å²) in [6.07, 6.45) is -0.0194. The minimum absolute atomic E-state index is 0.164. The fourth-order valence-corrected chi connectivity index (χ4v) is 3.25. The standard InChI is InChI=1S/C16H19NO5/c18-14(19)16-6-7-21-10-13(16)8-17(11-16)15(20)22-9-12-4-2-1-3-5-12/h1-5,13H,6-11H2,(H,18,19)/t13-,16+/m0/s1. The molecule has 1 aromatic carbocycles. The number of hydrogen-bond donors (Lipinski definition) is 1. The van der Waals surface area contributed by atoms with E-state index in [4.69, 9.17) is 9.47 Å². The van der Waals surface area contributed by atoms with Crippen LogP contribution in [0.25, 0.3) is 0 Å². The van der Waals surface area contributed by atoms with Gasteiger partial charge in [-0.1, -0.05) is 30.3 Å². The second-order valence-corrected chi connectivity index (χ2v) is 5.90. The Kier molecular flexibility index (Phi) is 4.02. The van der Waals surface area contributed by atoms with E-state index in [1.807, 2.05) is 30.3 Å². The van der Waals surface area contributed by atoms with Crippen LogP contribution in [0.15, 0.2) is 30.3 Å². The predicted octanol–water partition coefficient (Wildman–Crippen LogP) is 1.75. The zero-order valence-corrected chi connectivity index (χ0v) is 12.2. The summed E-state index contributed by atoms with van der Waals surface area (Å²) in [7, 11) is 0. The summed E-state index contributed by atoms with van der Waals surface area (Å²) >= 11 is 0. The van der Waals surface area contributed by atoms with Crippen molar-refractivity contribution in [2.75, 3.05) is 26.3 Å². The number of carbonyl (C=O) groups is 2. The maximum absolute atomic E-state index is 12.2. The van der Waals surface area contributed by atoms with E-state index in [0.717, 1.165) is 5.56 Å². The topological polar surface area (TPSA) is 76.1 Å². The van der Waals surface area contributed by atoms with Crippen LogP contribution in [0.5, 0.6) is 0 Å². The highest BCUT2D eigenvalue weighted by molar-refractivity contribution is 5.78. The van der Waals surface area contributed by atoms with Crippen molar-refractivity contribution in [1.82, 2.24) is 4.90 Å². The first kappa shape index (κ1) is 14.8. The van der Waals surface area contributed by atoms with Gasteiger partial charge in [0.2, 0.25) is 0 Å². The van der Waals surface area contributed by atoms with Crippen LogP contribution in [0.4, 0.5) is 4.79 Å². The predicted molar refractivity (Wildman–Crippen MR) is 77.2 cm³/mol. The van der Waals surface area contributed by atoms with Crippen molar-refractivity contribution in [3.05, 3.63) is 35.9 Å². The van der Waals surface area contributed by atoms with Crippen molar-refractivity contribution in [1.29, 1.82) is 0 Å². The minimum atomic E-state index is -0.885. The molecule has 1 N–H and O–H groups in total.